The Hall–Kier alpha value is -2.96. The number of aliphatic hydroxyl groups excluding tert-OH is 2. The van der Waals surface area contributed by atoms with Gasteiger partial charge in [-0.3, -0.25) is 13.6 Å². The summed E-state index contributed by atoms with van der Waals surface area (Å²) in [6.07, 6.45) is -4.28. The summed E-state index contributed by atoms with van der Waals surface area (Å²) in [6, 6.07) is 16.8. The monoisotopic (exact) mass is 517 g/mol. The van der Waals surface area contributed by atoms with Gasteiger partial charge in [-0.25, -0.2) is 19.4 Å². The van der Waals surface area contributed by atoms with E-state index in [1.165, 1.54) is 0 Å². The van der Waals surface area contributed by atoms with Crippen LogP contribution in [0.25, 0.3) is 0 Å². The van der Waals surface area contributed by atoms with Gasteiger partial charge in [0.25, 0.3) is 0 Å². The molecule has 4 rings (SSSR count). The lowest BCUT2D eigenvalue weighted by Crippen LogP contribution is -2.36. The highest BCUT2D eigenvalue weighted by atomic mass is 31.2. The summed E-state index contributed by atoms with van der Waals surface area (Å²) in [5.74, 6) is -0.236. The van der Waals surface area contributed by atoms with Crippen molar-refractivity contribution >= 4 is 13.7 Å². The minimum Gasteiger partial charge on any atom is -0.387 e. The molecule has 1 aromatic heterocycles. The maximum absolute atomic E-state index is 13.6. The first-order chi connectivity index (χ1) is 17.3. The molecule has 2 heterocycles. The van der Waals surface area contributed by atoms with Crippen molar-refractivity contribution in [2.24, 2.45) is 0 Å². The molecular weight excluding hydrogens is 489 g/mol. The molecule has 0 bridgehead atoms. The fourth-order valence-corrected chi connectivity index (χ4v) is 4.92. The predicted molar refractivity (Wildman–Crippen MR) is 129 cm³/mol. The number of hydrogen-bond donors (Lipinski definition) is 4. The Morgan fingerprint density at radius 1 is 1.11 bits per heavy atom. The molecule has 0 aliphatic carbocycles. The Morgan fingerprint density at radius 2 is 1.83 bits per heavy atom. The lowest BCUT2D eigenvalue weighted by molar-refractivity contribution is -0.0539. The second kappa shape index (κ2) is 11.4. The Morgan fingerprint density at radius 3 is 2.56 bits per heavy atom. The molecule has 192 valence electrons. The summed E-state index contributed by atoms with van der Waals surface area (Å²) in [7, 11) is -3.91. The predicted octanol–water partition coefficient (Wildman–Crippen LogP) is 1.28. The Kier molecular flexibility index (Phi) is 8.27. The summed E-state index contributed by atoms with van der Waals surface area (Å²) in [5.41, 5.74) is 7.24. The molecule has 0 radical (unpaired) electrons. The third-order valence-corrected chi connectivity index (χ3v) is 7.24. The topological polar surface area (TPSA) is 171 Å². The molecule has 3 aromatic rings. The van der Waals surface area contributed by atoms with Crippen LogP contribution >= 0.6 is 7.75 Å². The zero-order chi connectivity index (χ0) is 25.7. The highest BCUT2D eigenvalue weighted by Crippen LogP contribution is 2.46. The van der Waals surface area contributed by atoms with Gasteiger partial charge in [0.1, 0.15) is 24.6 Å². The number of nitrogen functional groups attached to an aromatic ring is 1. The number of benzene rings is 2. The van der Waals surface area contributed by atoms with E-state index in [4.69, 9.17) is 19.5 Å². The molecule has 2 aromatic carbocycles. The number of rotatable bonds is 10. The third kappa shape index (κ3) is 6.23. The van der Waals surface area contributed by atoms with Crippen molar-refractivity contribution in [2.75, 3.05) is 12.3 Å². The molecule has 5 atom stereocenters. The van der Waals surface area contributed by atoms with Crippen LogP contribution in [-0.4, -0.2) is 49.7 Å². The fraction of sp³-hybridized carbons (Fsp3) is 0.348. The highest BCUT2D eigenvalue weighted by Gasteiger charge is 2.45. The Balaban J connectivity index is 1.46. The molecule has 0 saturated carbocycles. The minimum atomic E-state index is -3.91. The van der Waals surface area contributed by atoms with E-state index in [2.05, 4.69) is 15.1 Å². The highest BCUT2D eigenvalue weighted by molar-refractivity contribution is 7.51. The Labute approximate surface area is 207 Å². The van der Waals surface area contributed by atoms with Crippen molar-refractivity contribution in [1.82, 2.24) is 19.6 Å². The molecule has 5 N–H and O–H groups in total. The molecule has 0 spiro atoms. The lowest BCUT2D eigenvalue weighted by atomic mass is 10.1. The third-order valence-electron chi connectivity index (χ3n) is 5.74. The van der Waals surface area contributed by atoms with Gasteiger partial charge in [0.2, 0.25) is 5.95 Å². The molecule has 5 unspecified atom stereocenters. The van der Waals surface area contributed by atoms with Gasteiger partial charge in [-0.05, 0) is 23.6 Å². The van der Waals surface area contributed by atoms with Gasteiger partial charge in [-0.1, -0.05) is 54.6 Å². The zero-order valence-electron chi connectivity index (χ0n) is 19.5. The normalized spacial score (nSPS) is 23.4. The number of aromatic nitrogens is 3. The van der Waals surface area contributed by atoms with Crippen LogP contribution in [0.3, 0.4) is 0 Å². The van der Waals surface area contributed by atoms with Crippen LogP contribution in [0.4, 0.5) is 5.95 Å². The first-order valence-corrected chi connectivity index (χ1v) is 12.7. The smallest absolute Gasteiger partial charge is 0.387 e. The van der Waals surface area contributed by atoms with Crippen LogP contribution in [0, 0.1) is 6.92 Å². The van der Waals surface area contributed by atoms with Gasteiger partial charge in [-0.15, -0.1) is 0 Å². The van der Waals surface area contributed by atoms with Gasteiger partial charge in [0, 0.05) is 6.54 Å². The number of nitrogens with two attached hydrogens (primary N) is 1. The number of nitrogens with one attached hydrogen (secondary N) is 1. The van der Waals surface area contributed by atoms with Gasteiger partial charge in [0.05, 0.1) is 13.2 Å². The van der Waals surface area contributed by atoms with Crippen molar-refractivity contribution in [2.45, 2.75) is 44.6 Å². The second-order valence-corrected chi connectivity index (χ2v) is 10.1. The quantitative estimate of drug-likeness (QED) is 0.286. The SMILES string of the molecule is Cc1ccccc1COP(=O)(NCc1ccccc1)OCC1OC(n2cnc(N)nc2=O)C(O)C1O. The van der Waals surface area contributed by atoms with E-state index in [0.717, 1.165) is 27.6 Å². The molecule has 36 heavy (non-hydrogen) atoms. The molecule has 1 saturated heterocycles. The molecule has 1 fully saturated rings. The number of aliphatic hydroxyl groups is 2. The second-order valence-electron chi connectivity index (χ2n) is 8.26. The Bertz CT molecular complexity index is 1270. The van der Waals surface area contributed by atoms with Gasteiger partial charge in [-0.2, -0.15) is 4.98 Å². The van der Waals surface area contributed by atoms with Crippen LogP contribution in [0.5, 0.6) is 0 Å². The first-order valence-electron chi connectivity index (χ1n) is 11.2. The van der Waals surface area contributed by atoms with E-state index in [1.54, 1.807) is 0 Å². The summed E-state index contributed by atoms with van der Waals surface area (Å²) in [6.45, 7) is 1.73. The summed E-state index contributed by atoms with van der Waals surface area (Å²) in [4.78, 5) is 19.3. The number of nitrogens with zero attached hydrogens (tertiary/aromatic N) is 3. The summed E-state index contributed by atoms with van der Waals surface area (Å²) in [5, 5.41) is 23.8. The van der Waals surface area contributed by atoms with Gasteiger partial charge < -0.3 is 20.7 Å². The van der Waals surface area contributed by atoms with Crippen molar-refractivity contribution < 1.29 is 28.6 Å². The van der Waals surface area contributed by atoms with E-state index >= 15 is 0 Å². The lowest BCUT2D eigenvalue weighted by Gasteiger charge is -2.22. The number of ether oxygens (including phenoxy) is 1. The maximum atomic E-state index is 13.6. The number of anilines is 1. The van der Waals surface area contributed by atoms with E-state index in [0.29, 0.717) is 0 Å². The van der Waals surface area contributed by atoms with Crippen molar-refractivity contribution in [3.63, 3.8) is 0 Å². The molecule has 13 heteroatoms. The van der Waals surface area contributed by atoms with Crippen LogP contribution < -0.4 is 16.5 Å². The molecular formula is C23H28N5O7P. The van der Waals surface area contributed by atoms with E-state index in [9.17, 15) is 19.6 Å². The van der Waals surface area contributed by atoms with Crippen LogP contribution in [0.1, 0.15) is 22.9 Å². The number of hydrogen-bond acceptors (Lipinski definition) is 10. The van der Waals surface area contributed by atoms with Gasteiger partial charge >= 0.3 is 13.4 Å². The largest absolute Gasteiger partial charge is 0.406 e. The standard InChI is InChI=1S/C23H28N5O7P/c1-15-7-5-6-10-17(15)12-33-36(32,26-11-16-8-3-2-4-9-16)34-13-18-19(29)20(30)21(35-18)28-14-25-22(24)27-23(28)31/h2-10,14,18-21,29-30H,11-13H2,1H3,(H,26,32)(H2,24,27,31). The number of aryl methyl sites for hydroxylation is 1. The first kappa shape index (κ1) is 26.1. The van der Waals surface area contributed by atoms with Crippen molar-refractivity contribution in [3.8, 4) is 0 Å². The van der Waals surface area contributed by atoms with Crippen LogP contribution in [-0.2, 0) is 31.5 Å². The maximum Gasteiger partial charge on any atom is 0.406 e. The minimum absolute atomic E-state index is 0.0171. The zero-order valence-corrected chi connectivity index (χ0v) is 20.4. The average Bonchev–Trinajstić information content (AvgIpc) is 3.15. The molecule has 1 aliphatic rings. The molecule has 1 aliphatic heterocycles. The van der Waals surface area contributed by atoms with Crippen molar-refractivity contribution in [1.29, 1.82) is 0 Å². The molecule has 0 amide bonds. The van der Waals surface area contributed by atoms with Crippen molar-refractivity contribution in [3.05, 3.63) is 88.1 Å². The van der Waals surface area contributed by atoms with E-state index in [1.807, 2.05) is 61.5 Å². The van der Waals surface area contributed by atoms with Gasteiger partial charge in [0.15, 0.2) is 6.23 Å². The van der Waals surface area contributed by atoms with E-state index in [-0.39, 0.29) is 19.1 Å². The van der Waals surface area contributed by atoms with Crippen LogP contribution in [0.15, 0.2) is 65.7 Å². The summed E-state index contributed by atoms with van der Waals surface area (Å²) < 4.78 is 31.5. The van der Waals surface area contributed by atoms with E-state index < -0.39 is 44.6 Å². The molecule has 12 nitrogen and oxygen atoms in total. The summed E-state index contributed by atoms with van der Waals surface area (Å²) >= 11 is 0. The fourth-order valence-electron chi connectivity index (χ4n) is 3.64. The van der Waals surface area contributed by atoms with Crippen LogP contribution in [0.2, 0.25) is 0 Å². The average molecular weight is 517 g/mol.